The van der Waals surface area contributed by atoms with E-state index >= 15 is 0 Å². The number of rotatable bonds is 5. The van der Waals surface area contributed by atoms with Gasteiger partial charge in [0.25, 0.3) is 0 Å². The Morgan fingerprint density at radius 2 is 1.96 bits per heavy atom. The minimum Gasteiger partial charge on any atom is -0.466 e. The highest BCUT2D eigenvalue weighted by atomic mass is 35.5. The van der Waals surface area contributed by atoms with Gasteiger partial charge in [-0.25, -0.2) is 13.8 Å². The number of pyridine rings is 1. The molecule has 2 aromatic rings. The molecule has 0 fully saturated rings. The lowest BCUT2D eigenvalue weighted by atomic mass is 9.98. The molecule has 1 heterocycles. The fraction of sp³-hybridized carbons (Fsp3) is 0.250. The highest BCUT2D eigenvalue weighted by Gasteiger charge is 2.17. The van der Waals surface area contributed by atoms with E-state index in [-0.39, 0.29) is 35.3 Å². The number of carbonyl (C=O) groups excluding carboxylic acids is 1. The van der Waals surface area contributed by atoms with Gasteiger partial charge >= 0.3 is 5.97 Å². The SMILES string of the molecule is CCOC(=O)CCc1c(-c2ccc(F)cc2F)cc(Cl)nc1Cl. The molecule has 23 heavy (non-hydrogen) atoms. The van der Waals surface area contributed by atoms with Crippen LogP contribution >= 0.6 is 23.2 Å². The van der Waals surface area contributed by atoms with Gasteiger partial charge in [-0.3, -0.25) is 4.79 Å². The average molecular weight is 360 g/mol. The summed E-state index contributed by atoms with van der Waals surface area (Å²) in [5.41, 5.74) is 0.961. The van der Waals surface area contributed by atoms with Crippen LogP contribution in [0.5, 0.6) is 0 Å². The summed E-state index contributed by atoms with van der Waals surface area (Å²) in [7, 11) is 0. The van der Waals surface area contributed by atoms with Crippen LogP contribution in [0.3, 0.4) is 0 Å². The second-order valence-electron chi connectivity index (χ2n) is 4.69. The molecule has 7 heteroatoms. The lowest BCUT2D eigenvalue weighted by Gasteiger charge is -2.12. The van der Waals surface area contributed by atoms with Crippen molar-refractivity contribution in [2.24, 2.45) is 0 Å². The van der Waals surface area contributed by atoms with Crippen molar-refractivity contribution in [3.63, 3.8) is 0 Å². The van der Waals surface area contributed by atoms with Crippen LogP contribution in [0.4, 0.5) is 8.78 Å². The van der Waals surface area contributed by atoms with Gasteiger partial charge in [0.2, 0.25) is 0 Å². The lowest BCUT2D eigenvalue weighted by Crippen LogP contribution is -2.07. The number of esters is 1. The Labute approximate surface area is 142 Å². The zero-order valence-corrected chi connectivity index (χ0v) is 13.7. The van der Waals surface area contributed by atoms with E-state index < -0.39 is 17.6 Å². The predicted octanol–water partition coefficient (Wildman–Crippen LogP) is 4.83. The van der Waals surface area contributed by atoms with E-state index in [9.17, 15) is 13.6 Å². The summed E-state index contributed by atoms with van der Waals surface area (Å²) in [5.74, 6) is -1.84. The second-order valence-corrected chi connectivity index (χ2v) is 5.44. The number of hydrogen-bond donors (Lipinski definition) is 0. The number of benzene rings is 1. The molecule has 0 aliphatic heterocycles. The van der Waals surface area contributed by atoms with Gasteiger partial charge in [-0.05, 0) is 42.7 Å². The van der Waals surface area contributed by atoms with Crippen LogP contribution in [0.1, 0.15) is 18.9 Å². The Bertz CT molecular complexity index is 738. The Balaban J connectivity index is 2.43. The average Bonchev–Trinajstić information content (AvgIpc) is 2.46. The molecule has 0 radical (unpaired) electrons. The van der Waals surface area contributed by atoms with Crippen molar-refractivity contribution in [2.45, 2.75) is 19.8 Å². The normalized spacial score (nSPS) is 10.7. The summed E-state index contributed by atoms with van der Waals surface area (Å²) in [4.78, 5) is 15.4. The van der Waals surface area contributed by atoms with Gasteiger partial charge in [0.05, 0.1) is 6.61 Å². The zero-order valence-electron chi connectivity index (χ0n) is 12.2. The molecule has 0 atom stereocenters. The topological polar surface area (TPSA) is 39.2 Å². The maximum absolute atomic E-state index is 14.1. The summed E-state index contributed by atoms with van der Waals surface area (Å²) in [6.45, 7) is 1.97. The Morgan fingerprint density at radius 1 is 1.22 bits per heavy atom. The molecule has 2 rings (SSSR count). The van der Waals surface area contributed by atoms with E-state index in [0.717, 1.165) is 12.1 Å². The van der Waals surface area contributed by atoms with Crippen LogP contribution in [-0.4, -0.2) is 17.6 Å². The van der Waals surface area contributed by atoms with Crippen molar-refractivity contribution in [2.75, 3.05) is 6.61 Å². The molecule has 0 bridgehead atoms. The maximum Gasteiger partial charge on any atom is 0.306 e. The maximum atomic E-state index is 14.1. The molecule has 1 aromatic carbocycles. The van der Waals surface area contributed by atoms with Crippen molar-refractivity contribution >= 4 is 29.2 Å². The van der Waals surface area contributed by atoms with Gasteiger partial charge < -0.3 is 4.74 Å². The smallest absolute Gasteiger partial charge is 0.306 e. The summed E-state index contributed by atoms with van der Waals surface area (Å²) in [6.07, 6.45) is 0.265. The summed E-state index contributed by atoms with van der Waals surface area (Å²) >= 11 is 12.0. The van der Waals surface area contributed by atoms with Crippen molar-refractivity contribution in [1.82, 2.24) is 4.98 Å². The first-order chi connectivity index (χ1) is 10.9. The molecule has 122 valence electrons. The molecule has 0 N–H and O–H groups in total. The van der Waals surface area contributed by atoms with Crippen LogP contribution in [0.2, 0.25) is 10.3 Å². The number of aromatic nitrogens is 1. The minimum atomic E-state index is -0.749. The molecule has 0 saturated heterocycles. The van der Waals surface area contributed by atoms with E-state index in [1.54, 1.807) is 6.92 Å². The molecule has 1 aromatic heterocycles. The van der Waals surface area contributed by atoms with Gasteiger partial charge in [-0.1, -0.05) is 23.2 Å². The molecular formula is C16H13Cl2F2NO2. The highest BCUT2D eigenvalue weighted by Crippen LogP contribution is 2.33. The van der Waals surface area contributed by atoms with Crippen LogP contribution < -0.4 is 0 Å². The molecule has 0 amide bonds. The van der Waals surface area contributed by atoms with Gasteiger partial charge in [0, 0.05) is 18.1 Å². The molecule has 0 spiro atoms. The van der Waals surface area contributed by atoms with E-state index in [4.69, 9.17) is 27.9 Å². The second kappa shape index (κ2) is 7.70. The lowest BCUT2D eigenvalue weighted by molar-refractivity contribution is -0.143. The van der Waals surface area contributed by atoms with Crippen molar-refractivity contribution in [3.05, 3.63) is 51.8 Å². The van der Waals surface area contributed by atoms with Gasteiger partial charge in [0.15, 0.2) is 0 Å². The van der Waals surface area contributed by atoms with Crippen molar-refractivity contribution < 1.29 is 18.3 Å². The van der Waals surface area contributed by atoms with E-state index in [1.807, 2.05) is 0 Å². The summed E-state index contributed by atoms with van der Waals surface area (Å²) in [5, 5.41) is 0.147. The van der Waals surface area contributed by atoms with Gasteiger partial charge in [0.1, 0.15) is 21.9 Å². The number of halogens is 4. The number of hydrogen-bond acceptors (Lipinski definition) is 3. The molecule has 0 unspecified atom stereocenters. The third-order valence-electron chi connectivity index (χ3n) is 3.15. The number of nitrogens with zero attached hydrogens (tertiary/aromatic N) is 1. The fourth-order valence-corrected chi connectivity index (χ4v) is 2.68. The quantitative estimate of drug-likeness (QED) is 0.566. The zero-order chi connectivity index (χ0) is 17.0. The van der Waals surface area contributed by atoms with Gasteiger partial charge in [-0.15, -0.1) is 0 Å². The first kappa shape index (κ1) is 17.6. The molecule has 3 nitrogen and oxygen atoms in total. The Kier molecular flexibility index (Phi) is 5.91. The Morgan fingerprint density at radius 3 is 2.61 bits per heavy atom. The van der Waals surface area contributed by atoms with Crippen molar-refractivity contribution in [1.29, 1.82) is 0 Å². The van der Waals surface area contributed by atoms with Crippen LogP contribution in [0.25, 0.3) is 11.1 Å². The van der Waals surface area contributed by atoms with Crippen LogP contribution in [-0.2, 0) is 16.0 Å². The molecule has 0 aliphatic rings. The van der Waals surface area contributed by atoms with E-state index in [0.29, 0.717) is 11.1 Å². The number of ether oxygens (including phenoxy) is 1. The largest absolute Gasteiger partial charge is 0.466 e. The van der Waals surface area contributed by atoms with E-state index in [2.05, 4.69) is 4.98 Å². The first-order valence-corrected chi connectivity index (χ1v) is 7.64. The molecule has 0 aliphatic carbocycles. The third kappa shape index (κ3) is 4.39. The minimum absolute atomic E-state index is 0.0622. The van der Waals surface area contributed by atoms with Gasteiger partial charge in [-0.2, -0.15) is 0 Å². The van der Waals surface area contributed by atoms with E-state index in [1.165, 1.54) is 12.1 Å². The van der Waals surface area contributed by atoms with Crippen LogP contribution in [0, 0.1) is 11.6 Å². The molecule has 0 saturated carbocycles. The predicted molar refractivity (Wildman–Crippen MR) is 84.6 cm³/mol. The highest BCUT2D eigenvalue weighted by molar-refractivity contribution is 6.33. The molecular weight excluding hydrogens is 347 g/mol. The standard InChI is InChI=1S/C16H13Cl2F2NO2/c1-2-23-15(22)6-5-11-12(8-14(17)21-16(11)18)10-4-3-9(19)7-13(10)20/h3-4,7-8H,2,5-6H2,1H3. The summed E-state index contributed by atoms with van der Waals surface area (Å²) < 4.78 is 32.0. The monoisotopic (exact) mass is 359 g/mol. The number of carbonyl (C=O) groups is 1. The third-order valence-corrected chi connectivity index (χ3v) is 3.65. The Hall–Kier alpha value is -1.72. The van der Waals surface area contributed by atoms with Crippen molar-refractivity contribution in [3.8, 4) is 11.1 Å². The first-order valence-electron chi connectivity index (χ1n) is 6.88. The van der Waals surface area contributed by atoms with Crippen LogP contribution in [0.15, 0.2) is 24.3 Å². The fourth-order valence-electron chi connectivity index (χ4n) is 2.16. The summed E-state index contributed by atoms with van der Waals surface area (Å²) in [6, 6.07) is 4.63.